The Morgan fingerprint density at radius 3 is 2.88 bits per heavy atom. The van der Waals surface area contributed by atoms with E-state index in [1.54, 1.807) is 19.1 Å². The van der Waals surface area contributed by atoms with Gasteiger partial charge in [-0.05, 0) is 25.5 Å². The van der Waals surface area contributed by atoms with Crippen LogP contribution in [0.1, 0.15) is 22.5 Å². The summed E-state index contributed by atoms with van der Waals surface area (Å²) in [5.41, 5.74) is 6.29. The van der Waals surface area contributed by atoms with Crippen molar-refractivity contribution >= 4 is 11.7 Å². The van der Waals surface area contributed by atoms with E-state index in [-0.39, 0.29) is 6.61 Å². The highest BCUT2D eigenvalue weighted by Crippen LogP contribution is 2.12. The quantitative estimate of drug-likeness (QED) is 0.542. The molecule has 0 aliphatic rings. The average Bonchev–Trinajstić information content (AvgIpc) is 2.28. The Hall–Kier alpha value is -1.66. The molecule has 5 N–H and O–H groups in total. The molecular weight excluding hydrogens is 222 g/mol. The van der Waals surface area contributed by atoms with Crippen molar-refractivity contribution in [2.45, 2.75) is 19.4 Å². The molecule has 0 radical (unpaired) electrons. The summed E-state index contributed by atoms with van der Waals surface area (Å²) in [4.78, 5) is 15.3. The molecule has 94 valence electrons. The lowest BCUT2D eigenvalue weighted by atomic mass is 10.2. The smallest absolute Gasteiger partial charge is 0.252 e. The number of anilines is 1. The first-order valence-electron chi connectivity index (χ1n) is 5.35. The minimum atomic E-state index is -0.774. The molecule has 0 fully saturated rings. The van der Waals surface area contributed by atoms with E-state index in [2.05, 4.69) is 10.3 Å². The van der Waals surface area contributed by atoms with E-state index < -0.39 is 12.0 Å². The number of pyridine rings is 1. The van der Waals surface area contributed by atoms with E-state index in [9.17, 15) is 4.79 Å². The third kappa shape index (κ3) is 4.01. The number of nitrogens with one attached hydrogen (secondary N) is 1. The highest BCUT2D eigenvalue weighted by molar-refractivity contribution is 5.97. The van der Waals surface area contributed by atoms with Gasteiger partial charge in [-0.3, -0.25) is 4.79 Å². The molecular formula is C11H17N3O3. The zero-order valence-electron chi connectivity index (χ0n) is 9.68. The van der Waals surface area contributed by atoms with Gasteiger partial charge in [-0.25, -0.2) is 4.98 Å². The summed E-state index contributed by atoms with van der Waals surface area (Å²) in [5.74, 6) is -0.148. The number of carbonyl (C=O) groups excluding carboxylic acids is 1. The predicted molar refractivity (Wildman–Crippen MR) is 63.7 cm³/mol. The third-order valence-electron chi connectivity index (χ3n) is 2.28. The van der Waals surface area contributed by atoms with Crippen LogP contribution < -0.4 is 11.1 Å². The lowest BCUT2D eigenvalue weighted by Gasteiger charge is -2.11. The maximum absolute atomic E-state index is 11.1. The number of hydrogen-bond donors (Lipinski definition) is 4. The molecule has 6 heteroatoms. The van der Waals surface area contributed by atoms with Crippen molar-refractivity contribution in [2.24, 2.45) is 5.73 Å². The van der Waals surface area contributed by atoms with Crippen molar-refractivity contribution in [1.82, 2.24) is 4.98 Å². The molecule has 1 aromatic rings. The second kappa shape index (κ2) is 6.17. The van der Waals surface area contributed by atoms with Crippen molar-refractivity contribution in [3.05, 3.63) is 23.4 Å². The van der Waals surface area contributed by atoms with Crippen LogP contribution >= 0.6 is 0 Å². The van der Waals surface area contributed by atoms with E-state index in [0.717, 1.165) is 5.69 Å². The zero-order chi connectivity index (χ0) is 12.8. The average molecular weight is 239 g/mol. The first-order chi connectivity index (χ1) is 8.04. The molecule has 0 spiro atoms. The van der Waals surface area contributed by atoms with E-state index in [1.807, 2.05) is 0 Å². The fourth-order valence-electron chi connectivity index (χ4n) is 1.34. The van der Waals surface area contributed by atoms with Gasteiger partial charge in [-0.15, -0.1) is 0 Å². The van der Waals surface area contributed by atoms with Gasteiger partial charge >= 0.3 is 0 Å². The summed E-state index contributed by atoms with van der Waals surface area (Å²) in [6.45, 7) is 1.92. The van der Waals surface area contributed by atoms with E-state index in [4.69, 9.17) is 15.9 Å². The first kappa shape index (κ1) is 13.4. The van der Waals surface area contributed by atoms with E-state index in [0.29, 0.717) is 24.3 Å². The number of aryl methyl sites for hydroxylation is 1. The number of rotatable bonds is 6. The molecule has 1 amide bonds. The molecule has 1 rings (SSSR count). The molecule has 1 heterocycles. The molecule has 0 saturated heterocycles. The van der Waals surface area contributed by atoms with Gasteiger partial charge < -0.3 is 21.3 Å². The van der Waals surface area contributed by atoms with Gasteiger partial charge in [0.25, 0.3) is 5.91 Å². The standard InChI is InChI=1S/C11H17N3O3/c1-7-2-3-9(10(12)17)11(14-7)13-5-4-8(16)6-15/h2-3,8,15-16H,4-6H2,1H3,(H2,12,17)(H,13,14). The molecule has 0 bridgehead atoms. The molecule has 0 aliphatic carbocycles. The summed E-state index contributed by atoms with van der Waals surface area (Å²) in [7, 11) is 0. The van der Waals surface area contributed by atoms with Gasteiger partial charge in [0.2, 0.25) is 0 Å². The summed E-state index contributed by atoms with van der Waals surface area (Å²) in [6.07, 6.45) is -0.408. The molecule has 17 heavy (non-hydrogen) atoms. The number of nitrogens with zero attached hydrogens (tertiary/aromatic N) is 1. The van der Waals surface area contributed by atoms with Crippen molar-refractivity contribution in [1.29, 1.82) is 0 Å². The molecule has 1 atom stereocenters. The maximum Gasteiger partial charge on any atom is 0.252 e. The fraction of sp³-hybridized carbons (Fsp3) is 0.455. The Kier molecular flexibility index (Phi) is 4.86. The molecule has 0 aliphatic heterocycles. The summed E-state index contributed by atoms with van der Waals surface area (Å²) in [6, 6.07) is 3.31. The van der Waals surface area contributed by atoms with Gasteiger partial charge in [0.15, 0.2) is 0 Å². The Bertz CT molecular complexity index is 396. The number of carbonyl (C=O) groups is 1. The molecule has 1 unspecified atom stereocenters. The van der Waals surface area contributed by atoms with Crippen LogP contribution in [0.2, 0.25) is 0 Å². The van der Waals surface area contributed by atoms with Gasteiger partial charge in [0.05, 0.1) is 18.3 Å². The second-order valence-corrected chi connectivity index (χ2v) is 3.76. The van der Waals surface area contributed by atoms with Gasteiger partial charge in [0, 0.05) is 12.2 Å². The Morgan fingerprint density at radius 1 is 1.59 bits per heavy atom. The number of hydrogen-bond acceptors (Lipinski definition) is 5. The predicted octanol–water partition coefficient (Wildman–Crippen LogP) is -0.356. The topological polar surface area (TPSA) is 108 Å². The normalized spacial score (nSPS) is 12.2. The summed E-state index contributed by atoms with van der Waals surface area (Å²) < 4.78 is 0. The Labute approximate surface area is 99.5 Å². The maximum atomic E-state index is 11.1. The zero-order valence-corrected chi connectivity index (χ0v) is 9.68. The number of primary amides is 1. The van der Waals surface area contributed by atoms with Gasteiger partial charge in [-0.2, -0.15) is 0 Å². The number of amides is 1. The van der Waals surface area contributed by atoms with Crippen LogP contribution in [-0.2, 0) is 0 Å². The third-order valence-corrected chi connectivity index (χ3v) is 2.28. The monoisotopic (exact) mass is 239 g/mol. The van der Waals surface area contributed by atoms with Crippen molar-refractivity contribution in [3.63, 3.8) is 0 Å². The minimum absolute atomic E-state index is 0.286. The number of aromatic nitrogens is 1. The van der Waals surface area contributed by atoms with E-state index in [1.165, 1.54) is 0 Å². The molecule has 0 saturated carbocycles. The summed E-state index contributed by atoms with van der Waals surface area (Å²) in [5, 5.41) is 20.7. The van der Waals surface area contributed by atoms with Crippen LogP contribution in [-0.4, -0.2) is 40.4 Å². The second-order valence-electron chi connectivity index (χ2n) is 3.76. The largest absolute Gasteiger partial charge is 0.394 e. The van der Waals surface area contributed by atoms with Crippen LogP contribution in [0.3, 0.4) is 0 Å². The van der Waals surface area contributed by atoms with Crippen LogP contribution in [0.5, 0.6) is 0 Å². The van der Waals surface area contributed by atoms with E-state index >= 15 is 0 Å². The lowest BCUT2D eigenvalue weighted by molar-refractivity contribution is 0.0911. The number of nitrogens with two attached hydrogens (primary N) is 1. The van der Waals surface area contributed by atoms with Crippen LogP contribution in [0.4, 0.5) is 5.82 Å². The van der Waals surface area contributed by atoms with Crippen molar-refractivity contribution < 1.29 is 15.0 Å². The lowest BCUT2D eigenvalue weighted by Crippen LogP contribution is -2.20. The molecule has 6 nitrogen and oxygen atoms in total. The van der Waals surface area contributed by atoms with Crippen LogP contribution in [0.15, 0.2) is 12.1 Å². The molecule has 1 aromatic heterocycles. The minimum Gasteiger partial charge on any atom is -0.394 e. The molecule has 0 aromatic carbocycles. The van der Waals surface area contributed by atoms with Crippen molar-refractivity contribution in [3.8, 4) is 0 Å². The van der Waals surface area contributed by atoms with Crippen molar-refractivity contribution in [2.75, 3.05) is 18.5 Å². The fourth-order valence-corrected chi connectivity index (χ4v) is 1.34. The first-order valence-corrected chi connectivity index (χ1v) is 5.35. The van der Waals surface area contributed by atoms with Crippen LogP contribution in [0, 0.1) is 6.92 Å². The highest BCUT2D eigenvalue weighted by Gasteiger charge is 2.10. The van der Waals surface area contributed by atoms with Gasteiger partial charge in [-0.1, -0.05) is 0 Å². The highest BCUT2D eigenvalue weighted by atomic mass is 16.3. The van der Waals surface area contributed by atoms with Crippen LogP contribution in [0.25, 0.3) is 0 Å². The van der Waals surface area contributed by atoms with Gasteiger partial charge in [0.1, 0.15) is 5.82 Å². The summed E-state index contributed by atoms with van der Waals surface area (Å²) >= 11 is 0. The number of aliphatic hydroxyl groups excluding tert-OH is 2. The SMILES string of the molecule is Cc1ccc(C(N)=O)c(NCCC(O)CO)n1. The Balaban J connectivity index is 2.68. The number of aliphatic hydroxyl groups is 2. The Morgan fingerprint density at radius 2 is 2.29 bits per heavy atom.